The molecule has 0 saturated heterocycles. The van der Waals surface area contributed by atoms with Gasteiger partial charge in [-0.25, -0.2) is 0 Å². The summed E-state index contributed by atoms with van der Waals surface area (Å²) < 4.78 is 1.05. The van der Waals surface area contributed by atoms with Crippen LogP contribution in [0.3, 0.4) is 0 Å². The minimum atomic E-state index is 0.460. The predicted octanol–water partition coefficient (Wildman–Crippen LogP) is 5.67. The molecule has 0 saturated carbocycles. The zero-order valence-electron chi connectivity index (χ0n) is 12.5. The molecule has 0 aliphatic rings. The highest BCUT2D eigenvalue weighted by atomic mass is 79.9. The Bertz CT molecular complexity index is 765. The van der Waals surface area contributed by atoms with Crippen LogP contribution in [0.25, 0.3) is 11.1 Å². The van der Waals surface area contributed by atoms with E-state index in [2.05, 4.69) is 57.5 Å². The number of halogens is 1. The molecule has 3 aromatic rings. The minimum absolute atomic E-state index is 0.460. The number of hydrogen-bond donors (Lipinski definition) is 0. The number of hydrogen-bond acceptors (Lipinski definition) is 2. The first-order valence-electron chi connectivity index (χ1n) is 7.36. The van der Waals surface area contributed by atoms with Crippen molar-refractivity contribution in [2.45, 2.75) is 6.61 Å². The number of rotatable bonds is 5. The lowest BCUT2D eigenvalue weighted by Gasteiger charge is -2.04. The molecule has 0 heterocycles. The van der Waals surface area contributed by atoms with Crippen molar-refractivity contribution in [2.75, 3.05) is 0 Å². The van der Waals surface area contributed by atoms with Crippen LogP contribution >= 0.6 is 15.9 Å². The third-order valence-electron chi connectivity index (χ3n) is 3.44. The van der Waals surface area contributed by atoms with Crippen LogP contribution in [0.4, 0.5) is 0 Å². The third-order valence-corrected chi connectivity index (χ3v) is 3.97. The van der Waals surface area contributed by atoms with Crippen LogP contribution in [0.1, 0.15) is 11.1 Å². The summed E-state index contributed by atoms with van der Waals surface area (Å²) in [5.41, 5.74) is 4.52. The Labute approximate surface area is 144 Å². The molecule has 0 unspecified atom stereocenters. The second-order valence-corrected chi connectivity index (χ2v) is 6.04. The third kappa shape index (κ3) is 4.54. The van der Waals surface area contributed by atoms with Gasteiger partial charge >= 0.3 is 0 Å². The number of benzene rings is 3. The largest absolute Gasteiger partial charge is 0.391 e. The van der Waals surface area contributed by atoms with Crippen molar-refractivity contribution in [3.8, 4) is 11.1 Å². The Balaban J connectivity index is 1.55. The predicted molar refractivity (Wildman–Crippen MR) is 98.4 cm³/mol. The van der Waals surface area contributed by atoms with Gasteiger partial charge in [0.25, 0.3) is 0 Å². The van der Waals surface area contributed by atoms with E-state index in [1.165, 1.54) is 11.1 Å². The molecule has 2 nitrogen and oxygen atoms in total. The van der Waals surface area contributed by atoms with Gasteiger partial charge in [0, 0.05) is 4.47 Å². The molecule has 0 radical (unpaired) electrons. The summed E-state index contributed by atoms with van der Waals surface area (Å²) >= 11 is 3.40. The van der Waals surface area contributed by atoms with Gasteiger partial charge in [-0.3, -0.25) is 0 Å². The molecule has 0 aliphatic carbocycles. The SMILES string of the molecule is Brc1ccc(C=NOCc2ccc(-c3ccccc3)cc2)cc1. The lowest BCUT2D eigenvalue weighted by atomic mass is 10.0. The highest BCUT2D eigenvalue weighted by Gasteiger charge is 1.97. The van der Waals surface area contributed by atoms with E-state index in [1.54, 1.807) is 6.21 Å². The zero-order chi connectivity index (χ0) is 15.9. The molecular formula is C20H16BrNO. The average molecular weight is 366 g/mol. The molecule has 0 atom stereocenters. The fraction of sp³-hybridized carbons (Fsp3) is 0.0500. The normalized spacial score (nSPS) is 10.8. The molecule has 0 aliphatic heterocycles. The lowest BCUT2D eigenvalue weighted by Crippen LogP contribution is -1.88. The fourth-order valence-electron chi connectivity index (χ4n) is 2.18. The smallest absolute Gasteiger partial charge is 0.142 e. The van der Waals surface area contributed by atoms with Crippen LogP contribution in [0.2, 0.25) is 0 Å². The van der Waals surface area contributed by atoms with Crippen LogP contribution in [0.15, 0.2) is 88.5 Å². The van der Waals surface area contributed by atoms with Gasteiger partial charge in [0.05, 0.1) is 6.21 Å². The standard InChI is InChI=1S/C20H16BrNO/c21-20-12-8-16(9-13-20)14-22-23-15-17-6-10-19(11-7-17)18-4-2-1-3-5-18/h1-14H,15H2. The van der Waals surface area contributed by atoms with Gasteiger partial charge < -0.3 is 4.84 Å². The van der Waals surface area contributed by atoms with Gasteiger partial charge in [0.1, 0.15) is 6.61 Å². The first-order chi connectivity index (χ1) is 11.3. The van der Waals surface area contributed by atoms with Crippen molar-refractivity contribution in [1.29, 1.82) is 0 Å². The molecule has 0 spiro atoms. The lowest BCUT2D eigenvalue weighted by molar-refractivity contribution is 0.132. The van der Waals surface area contributed by atoms with Crippen LogP contribution in [-0.4, -0.2) is 6.21 Å². The maximum atomic E-state index is 5.36. The molecule has 3 rings (SSSR count). The molecule has 23 heavy (non-hydrogen) atoms. The highest BCUT2D eigenvalue weighted by molar-refractivity contribution is 9.10. The Hall–Kier alpha value is -2.39. The van der Waals surface area contributed by atoms with E-state index in [0.29, 0.717) is 6.61 Å². The summed E-state index contributed by atoms with van der Waals surface area (Å²) in [7, 11) is 0. The van der Waals surface area contributed by atoms with Crippen LogP contribution in [0, 0.1) is 0 Å². The van der Waals surface area contributed by atoms with Crippen LogP contribution in [-0.2, 0) is 11.4 Å². The molecule has 0 bridgehead atoms. The molecule has 0 N–H and O–H groups in total. The summed E-state index contributed by atoms with van der Waals surface area (Å²) in [5, 5.41) is 4.01. The fourth-order valence-corrected chi connectivity index (χ4v) is 2.45. The summed E-state index contributed by atoms with van der Waals surface area (Å²) in [5.74, 6) is 0. The van der Waals surface area contributed by atoms with Crippen molar-refractivity contribution in [2.24, 2.45) is 5.16 Å². The van der Waals surface area contributed by atoms with E-state index in [9.17, 15) is 0 Å². The Morgan fingerprint density at radius 3 is 2.13 bits per heavy atom. The first kappa shape index (κ1) is 15.5. The van der Waals surface area contributed by atoms with Crippen LogP contribution < -0.4 is 0 Å². The molecule has 3 heteroatoms. The minimum Gasteiger partial charge on any atom is -0.391 e. The topological polar surface area (TPSA) is 21.6 Å². The van der Waals surface area contributed by atoms with Gasteiger partial charge in [0.2, 0.25) is 0 Å². The maximum Gasteiger partial charge on any atom is 0.142 e. The highest BCUT2D eigenvalue weighted by Crippen LogP contribution is 2.19. The second kappa shape index (κ2) is 7.75. The Morgan fingerprint density at radius 2 is 1.43 bits per heavy atom. The quantitative estimate of drug-likeness (QED) is 0.421. The summed E-state index contributed by atoms with van der Waals surface area (Å²) in [6.45, 7) is 0.460. The monoisotopic (exact) mass is 365 g/mol. The van der Waals surface area contributed by atoms with Crippen molar-refractivity contribution in [3.63, 3.8) is 0 Å². The van der Waals surface area contributed by atoms with E-state index in [1.807, 2.05) is 42.5 Å². The maximum absolute atomic E-state index is 5.36. The van der Waals surface area contributed by atoms with E-state index in [0.717, 1.165) is 15.6 Å². The van der Waals surface area contributed by atoms with E-state index < -0.39 is 0 Å². The molecule has 0 aromatic heterocycles. The molecule has 0 amide bonds. The van der Waals surface area contributed by atoms with E-state index >= 15 is 0 Å². The molecule has 0 fully saturated rings. The Morgan fingerprint density at radius 1 is 0.783 bits per heavy atom. The van der Waals surface area contributed by atoms with Gasteiger partial charge in [-0.15, -0.1) is 0 Å². The molecule has 3 aromatic carbocycles. The van der Waals surface area contributed by atoms with E-state index in [-0.39, 0.29) is 0 Å². The van der Waals surface area contributed by atoms with Crippen molar-refractivity contribution in [3.05, 3.63) is 94.5 Å². The second-order valence-electron chi connectivity index (χ2n) is 5.12. The molecule has 114 valence electrons. The summed E-state index contributed by atoms with van der Waals surface area (Å²) in [4.78, 5) is 5.36. The van der Waals surface area contributed by atoms with Crippen LogP contribution in [0.5, 0.6) is 0 Å². The zero-order valence-corrected chi connectivity index (χ0v) is 14.1. The van der Waals surface area contributed by atoms with Gasteiger partial charge in [-0.1, -0.05) is 87.8 Å². The number of nitrogens with zero attached hydrogens (tertiary/aromatic N) is 1. The van der Waals surface area contributed by atoms with Gasteiger partial charge in [0.15, 0.2) is 0 Å². The number of oxime groups is 1. The summed E-state index contributed by atoms with van der Waals surface area (Å²) in [6.07, 6.45) is 1.71. The Kier molecular flexibility index (Phi) is 5.22. The molecular weight excluding hydrogens is 350 g/mol. The van der Waals surface area contributed by atoms with Crippen molar-refractivity contribution < 1.29 is 4.84 Å². The van der Waals surface area contributed by atoms with E-state index in [4.69, 9.17) is 4.84 Å². The van der Waals surface area contributed by atoms with Gasteiger partial charge in [-0.2, -0.15) is 0 Å². The van der Waals surface area contributed by atoms with Crippen molar-refractivity contribution in [1.82, 2.24) is 0 Å². The van der Waals surface area contributed by atoms with Gasteiger partial charge in [-0.05, 0) is 34.4 Å². The first-order valence-corrected chi connectivity index (χ1v) is 8.16. The average Bonchev–Trinajstić information content (AvgIpc) is 2.62. The summed E-state index contributed by atoms with van der Waals surface area (Å²) in [6, 6.07) is 26.6. The van der Waals surface area contributed by atoms with Crippen molar-refractivity contribution >= 4 is 22.1 Å².